The fourth-order valence-corrected chi connectivity index (χ4v) is 2.99. The largest absolute Gasteiger partial charge is 0.367 e. The van der Waals surface area contributed by atoms with E-state index in [0.717, 1.165) is 31.0 Å². The Hall–Kier alpha value is -2.19. The average molecular weight is 346 g/mol. The number of hydrogen-bond acceptors (Lipinski definition) is 5. The van der Waals surface area contributed by atoms with Crippen molar-refractivity contribution in [2.75, 3.05) is 33.8 Å². The smallest absolute Gasteiger partial charge is 0.222 e. The molecule has 0 aliphatic carbocycles. The SMILES string of the molecule is CN(C)Cc1cnc([C@@H]2CN(C(=O)CCCn3ccnc3)CCO2)[nH]1. The van der Waals surface area contributed by atoms with Gasteiger partial charge in [-0.05, 0) is 20.5 Å². The topological polar surface area (TPSA) is 79.3 Å². The van der Waals surface area contributed by atoms with Crippen LogP contribution < -0.4 is 0 Å². The highest BCUT2D eigenvalue weighted by molar-refractivity contribution is 5.76. The molecule has 1 amide bonds. The molecule has 1 fully saturated rings. The number of H-pyrrole nitrogens is 1. The van der Waals surface area contributed by atoms with Gasteiger partial charge in [0.2, 0.25) is 5.91 Å². The predicted molar refractivity (Wildman–Crippen MR) is 92.7 cm³/mol. The number of carbonyl (C=O) groups is 1. The van der Waals surface area contributed by atoms with Crippen LogP contribution in [0.4, 0.5) is 0 Å². The zero-order valence-corrected chi connectivity index (χ0v) is 14.9. The highest BCUT2D eigenvalue weighted by Crippen LogP contribution is 2.20. The monoisotopic (exact) mass is 346 g/mol. The summed E-state index contributed by atoms with van der Waals surface area (Å²) < 4.78 is 7.80. The van der Waals surface area contributed by atoms with Crippen LogP contribution in [0.5, 0.6) is 0 Å². The van der Waals surface area contributed by atoms with E-state index in [1.54, 1.807) is 12.5 Å². The molecule has 8 heteroatoms. The second-order valence-electron chi connectivity index (χ2n) is 6.63. The van der Waals surface area contributed by atoms with Gasteiger partial charge in [0.1, 0.15) is 11.9 Å². The van der Waals surface area contributed by atoms with Crippen LogP contribution in [0.3, 0.4) is 0 Å². The normalized spacial score (nSPS) is 18.0. The zero-order chi connectivity index (χ0) is 17.6. The Kier molecular flexibility index (Phi) is 5.83. The second-order valence-corrected chi connectivity index (χ2v) is 6.63. The molecule has 136 valence electrons. The van der Waals surface area contributed by atoms with Crippen LogP contribution in [0.1, 0.15) is 30.5 Å². The molecule has 0 bridgehead atoms. The lowest BCUT2D eigenvalue weighted by Gasteiger charge is -2.32. The molecule has 8 nitrogen and oxygen atoms in total. The van der Waals surface area contributed by atoms with Gasteiger partial charge < -0.3 is 24.1 Å². The van der Waals surface area contributed by atoms with Crippen LogP contribution in [-0.4, -0.2) is 69.0 Å². The Morgan fingerprint density at radius 2 is 2.36 bits per heavy atom. The molecule has 0 spiro atoms. The highest BCUT2D eigenvalue weighted by atomic mass is 16.5. The summed E-state index contributed by atoms with van der Waals surface area (Å²) in [4.78, 5) is 28.2. The molecule has 0 aromatic carbocycles. The van der Waals surface area contributed by atoms with Crippen molar-refractivity contribution in [1.29, 1.82) is 0 Å². The molecule has 25 heavy (non-hydrogen) atoms. The van der Waals surface area contributed by atoms with Gasteiger partial charge in [0.25, 0.3) is 0 Å². The van der Waals surface area contributed by atoms with Crippen LogP contribution in [-0.2, 0) is 22.6 Å². The lowest BCUT2D eigenvalue weighted by atomic mass is 10.2. The molecule has 1 N–H and O–H groups in total. The zero-order valence-electron chi connectivity index (χ0n) is 14.9. The molecule has 2 aromatic rings. The number of aryl methyl sites for hydroxylation is 1. The fourth-order valence-electron chi connectivity index (χ4n) is 2.99. The molecule has 2 aromatic heterocycles. The third kappa shape index (κ3) is 4.90. The van der Waals surface area contributed by atoms with Gasteiger partial charge in [-0.3, -0.25) is 4.79 Å². The fraction of sp³-hybridized carbons (Fsp3) is 0.588. The van der Waals surface area contributed by atoms with E-state index in [1.807, 2.05) is 36.0 Å². The number of nitrogens with zero attached hydrogens (tertiary/aromatic N) is 5. The first-order chi connectivity index (χ1) is 12.1. The van der Waals surface area contributed by atoms with E-state index in [2.05, 4.69) is 19.9 Å². The Bertz CT molecular complexity index is 666. The van der Waals surface area contributed by atoms with Crippen LogP contribution in [0.2, 0.25) is 0 Å². The van der Waals surface area contributed by atoms with Crippen LogP contribution in [0.15, 0.2) is 24.9 Å². The molecule has 0 unspecified atom stereocenters. The predicted octanol–water partition coefficient (Wildman–Crippen LogP) is 1.05. The van der Waals surface area contributed by atoms with Crippen molar-refractivity contribution in [3.05, 3.63) is 36.4 Å². The second kappa shape index (κ2) is 8.26. The van der Waals surface area contributed by atoms with Crippen molar-refractivity contribution in [3.8, 4) is 0 Å². The van der Waals surface area contributed by atoms with E-state index in [1.165, 1.54) is 0 Å². The minimum atomic E-state index is -0.178. The van der Waals surface area contributed by atoms with Gasteiger partial charge in [0.15, 0.2) is 0 Å². The molecule has 3 heterocycles. The number of nitrogens with one attached hydrogen (secondary N) is 1. The molecule has 1 saturated heterocycles. The van der Waals surface area contributed by atoms with Gasteiger partial charge in [-0.1, -0.05) is 0 Å². The van der Waals surface area contributed by atoms with Gasteiger partial charge in [0, 0.05) is 50.3 Å². The number of imidazole rings is 2. The molecule has 0 radical (unpaired) electrons. The molecule has 0 saturated carbocycles. The van der Waals surface area contributed by atoms with E-state index in [0.29, 0.717) is 26.1 Å². The molecule has 1 atom stereocenters. The van der Waals surface area contributed by atoms with Crippen molar-refractivity contribution >= 4 is 5.91 Å². The first-order valence-electron chi connectivity index (χ1n) is 8.65. The molecule has 1 aliphatic rings. The van der Waals surface area contributed by atoms with Gasteiger partial charge in [0.05, 0.1) is 19.5 Å². The van der Waals surface area contributed by atoms with E-state index in [4.69, 9.17) is 4.74 Å². The van der Waals surface area contributed by atoms with Crippen molar-refractivity contribution in [2.24, 2.45) is 0 Å². The highest BCUT2D eigenvalue weighted by Gasteiger charge is 2.27. The Morgan fingerprint density at radius 3 is 3.12 bits per heavy atom. The molecular formula is C17H26N6O2. The molecular weight excluding hydrogens is 320 g/mol. The van der Waals surface area contributed by atoms with E-state index in [9.17, 15) is 4.79 Å². The lowest BCUT2D eigenvalue weighted by molar-refractivity contribution is -0.139. The first-order valence-corrected chi connectivity index (χ1v) is 8.65. The van der Waals surface area contributed by atoms with E-state index < -0.39 is 0 Å². The number of aromatic amines is 1. The summed E-state index contributed by atoms with van der Waals surface area (Å²) in [6.07, 6.45) is 8.45. The number of rotatable bonds is 7. The maximum atomic E-state index is 12.5. The maximum Gasteiger partial charge on any atom is 0.222 e. The number of hydrogen-bond donors (Lipinski definition) is 1. The van der Waals surface area contributed by atoms with E-state index >= 15 is 0 Å². The first kappa shape index (κ1) is 17.6. The molecule has 3 rings (SSSR count). The third-order valence-electron chi connectivity index (χ3n) is 4.22. The minimum absolute atomic E-state index is 0.175. The summed E-state index contributed by atoms with van der Waals surface area (Å²) in [5, 5.41) is 0. The van der Waals surface area contributed by atoms with Gasteiger partial charge in [-0.2, -0.15) is 0 Å². The summed E-state index contributed by atoms with van der Waals surface area (Å²) in [7, 11) is 4.03. The average Bonchev–Trinajstić information content (AvgIpc) is 3.26. The third-order valence-corrected chi connectivity index (χ3v) is 4.22. The number of carbonyl (C=O) groups excluding carboxylic acids is 1. The van der Waals surface area contributed by atoms with Crippen molar-refractivity contribution < 1.29 is 9.53 Å². The summed E-state index contributed by atoms with van der Waals surface area (Å²) in [5.41, 5.74) is 1.05. The molecule has 1 aliphatic heterocycles. The maximum absolute atomic E-state index is 12.5. The number of ether oxygens (including phenoxy) is 1. The number of aromatic nitrogens is 4. The van der Waals surface area contributed by atoms with Crippen LogP contribution in [0.25, 0.3) is 0 Å². The van der Waals surface area contributed by atoms with Crippen molar-refractivity contribution in [2.45, 2.75) is 32.0 Å². The Labute approximate surface area is 147 Å². The minimum Gasteiger partial charge on any atom is -0.367 e. The van der Waals surface area contributed by atoms with Crippen molar-refractivity contribution in [3.63, 3.8) is 0 Å². The summed E-state index contributed by atoms with van der Waals surface area (Å²) in [6.45, 7) is 3.36. The van der Waals surface area contributed by atoms with Gasteiger partial charge >= 0.3 is 0 Å². The summed E-state index contributed by atoms with van der Waals surface area (Å²) in [5.74, 6) is 0.973. The van der Waals surface area contributed by atoms with Crippen LogP contribution >= 0.6 is 0 Å². The van der Waals surface area contributed by atoms with Crippen LogP contribution in [0, 0.1) is 0 Å². The standard InChI is InChI=1S/C17H26N6O2/c1-21(2)11-14-10-19-17(20-14)15-12-23(8-9-25-15)16(24)4-3-6-22-7-5-18-13-22/h5,7,10,13,15H,3-4,6,8-9,11-12H2,1-2H3,(H,19,20)/t15-/m0/s1. The lowest BCUT2D eigenvalue weighted by Crippen LogP contribution is -2.42. The van der Waals surface area contributed by atoms with E-state index in [-0.39, 0.29) is 12.0 Å². The van der Waals surface area contributed by atoms with Gasteiger partial charge in [-0.25, -0.2) is 9.97 Å². The number of morpholine rings is 1. The van der Waals surface area contributed by atoms with Gasteiger partial charge in [-0.15, -0.1) is 0 Å². The summed E-state index contributed by atoms with van der Waals surface area (Å²) in [6, 6.07) is 0. The number of amides is 1. The Balaban J connectivity index is 1.50. The quantitative estimate of drug-likeness (QED) is 0.811. The van der Waals surface area contributed by atoms with Crippen molar-refractivity contribution in [1.82, 2.24) is 29.3 Å². The Morgan fingerprint density at radius 1 is 1.48 bits per heavy atom. The summed E-state index contributed by atoms with van der Waals surface area (Å²) >= 11 is 0.